The van der Waals surface area contributed by atoms with E-state index in [2.05, 4.69) is 13.5 Å². The van der Waals surface area contributed by atoms with Gasteiger partial charge in [-0.1, -0.05) is 32.3 Å². The fourth-order valence-electron chi connectivity index (χ4n) is 2.37. The van der Waals surface area contributed by atoms with E-state index in [-0.39, 0.29) is 6.10 Å². The standard InChI is InChI=1S/C12H22O/c1-3-10(4-2)12(13)11-8-6-5-7-9-11/h3,10-13H,1,4-9H2,2H3/t10-,12-/m1/s1. The molecule has 1 saturated carbocycles. The Bertz CT molecular complexity index is 147. The lowest BCUT2D eigenvalue weighted by Crippen LogP contribution is -2.29. The second-order valence-corrected chi connectivity index (χ2v) is 4.20. The van der Waals surface area contributed by atoms with E-state index in [4.69, 9.17) is 0 Å². The Morgan fingerprint density at radius 3 is 2.46 bits per heavy atom. The summed E-state index contributed by atoms with van der Waals surface area (Å²) in [4.78, 5) is 0. The van der Waals surface area contributed by atoms with Crippen LogP contribution in [0.15, 0.2) is 12.7 Å². The molecule has 0 bridgehead atoms. The molecule has 0 spiro atoms. The summed E-state index contributed by atoms with van der Waals surface area (Å²) in [5, 5.41) is 10.1. The third-order valence-electron chi connectivity index (χ3n) is 3.35. The van der Waals surface area contributed by atoms with Crippen molar-refractivity contribution in [1.29, 1.82) is 0 Å². The molecule has 0 radical (unpaired) electrons. The van der Waals surface area contributed by atoms with Gasteiger partial charge in [-0.25, -0.2) is 0 Å². The van der Waals surface area contributed by atoms with Crippen LogP contribution in [0.4, 0.5) is 0 Å². The molecule has 0 aromatic carbocycles. The zero-order chi connectivity index (χ0) is 9.68. The molecule has 1 fully saturated rings. The predicted molar refractivity (Wildman–Crippen MR) is 56.6 cm³/mol. The molecule has 0 amide bonds. The molecular formula is C12H22O. The highest BCUT2D eigenvalue weighted by molar-refractivity contribution is 4.88. The van der Waals surface area contributed by atoms with Gasteiger partial charge in [0.1, 0.15) is 0 Å². The van der Waals surface area contributed by atoms with E-state index in [1.54, 1.807) is 0 Å². The molecule has 0 heterocycles. The summed E-state index contributed by atoms with van der Waals surface area (Å²) >= 11 is 0. The van der Waals surface area contributed by atoms with E-state index in [1.165, 1.54) is 32.1 Å². The van der Waals surface area contributed by atoms with Gasteiger partial charge in [-0.15, -0.1) is 6.58 Å². The monoisotopic (exact) mass is 182 g/mol. The highest BCUT2D eigenvalue weighted by Crippen LogP contribution is 2.30. The molecule has 13 heavy (non-hydrogen) atoms. The molecule has 1 N–H and O–H groups in total. The number of rotatable bonds is 4. The topological polar surface area (TPSA) is 20.2 Å². The molecule has 1 heteroatoms. The summed E-state index contributed by atoms with van der Waals surface area (Å²) in [7, 11) is 0. The van der Waals surface area contributed by atoms with Gasteiger partial charge in [0.15, 0.2) is 0 Å². The van der Waals surface area contributed by atoms with Crippen molar-refractivity contribution in [2.45, 2.75) is 51.6 Å². The molecule has 0 unspecified atom stereocenters. The summed E-state index contributed by atoms with van der Waals surface area (Å²) in [6, 6.07) is 0. The maximum Gasteiger partial charge on any atom is 0.0630 e. The van der Waals surface area contributed by atoms with Crippen molar-refractivity contribution >= 4 is 0 Å². The van der Waals surface area contributed by atoms with Gasteiger partial charge in [-0.2, -0.15) is 0 Å². The molecule has 0 aromatic heterocycles. The number of hydrogen-bond donors (Lipinski definition) is 1. The first-order valence-corrected chi connectivity index (χ1v) is 5.60. The number of aliphatic hydroxyl groups excluding tert-OH is 1. The minimum Gasteiger partial charge on any atom is -0.392 e. The molecule has 1 rings (SSSR count). The maximum atomic E-state index is 10.1. The van der Waals surface area contributed by atoms with E-state index < -0.39 is 0 Å². The molecule has 1 aliphatic carbocycles. The highest BCUT2D eigenvalue weighted by atomic mass is 16.3. The Hall–Kier alpha value is -0.300. The summed E-state index contributed by atoms with van der Waals surface area (Å²) in [5.74, 6) is 0.847. The van der Waals surface area contributed by atoms with Crippen LogP contribution in [0.5, 0.6) is 0 Å². The maximum absolute atomic E-state index is 10.1. The molecule has 76 valence electrons. The number of aliphatic hydroxyl groups is 1. The summed E-state index contributed by atoms with van der Waals surface area (Å²) < 4.78 is 0. The summed E-state index contributed by atoms with van der Waals surface area (Å²) in [6.07, 6.45) is 9.18. The fourth-order valence-corrected chi connectivity index (χ4v) is 2.37. The molecule has 0 saturated heterocycles. The largest absolute Gasteiger partial charge is 0.392 e. The van der Waals surface area contributed by atoms with Crippen LogP contribution in [0.2, 0.25) is 0 Å². The summed E-state index contributed by atoms with van der Waals surface area (Å²) in [6.45, 7) is 5.91. The summed E-state index contributed by atoms with van der Waals surface area (Å²) in [5.41, 5.74) is 0. The smallest absolute Gasteiger partial charge is 0.0630 e. The second-order valence-electron chi connectivity index (χ2n) is 4.20. The first-order chi connectivity index (χ1) is 6.29. The van der Waals surface area contributed by atoms with Crippen LogP contribution in [0.1, 0.15) is 45.4 Å². The van der Waals surface area contributed by atoms with E-state index in [0.29, 0.717) is 11.8 Å². The van der Waals surface area contributed by atoms with Crippen LogP contribution in [0.3, 0.4) is 0 Å². The Labute approximate surface area is 81.9 Å². The van der Waals surface area contributed by atoms with Crippen LogP contribution >= 0.6 is 0 Å². The highest BCUT2D eigenvalue weighted by Gasteiger charge is 2.25. The van der Waals surface area contributed by atoms with E-state index in [0.717, 1.165) is 6.42 Å². The lowest BCUT2D eigenvalue weighted by Gasteiger charge is -2.30. The third-order valence-corrected chi connectivity index (χ3v) is 3.35. The van der Waals surface area contributed by atoms with Gasteiger partial charge in [0.2, 0.25) is 0 Å². The van der Waals surface area contributed by atoms with Crippen molar-refractivity contribution in [3.05, 3.63) is 12.7 Å². The third kappa shape index (κ3) is 2.84. The van der Waals surface area contributed by atoms with Crippen LogP contribution in [0.25, 0.3) is 0 Å². The van der Waals surface area contributed by atoms with Gasteiger partial charge in [-0.3, -0.25) is 0 Å². The Kier molecular flexibility index (Phi) is 4.51. The SMILES string of the molecule is C=C[C@H](CC)[C@@H](O)C1CCCCC1. The Morgan fingerprint density at radius 2 is 2.00 bits per heavy atom. The van der Waals surface area contributed by atoms with Crippen molar-refractivity contribution in [2.75, 3.05) is 0 Å². The van der Waals surface area contributed by atoms with Gasteiger partial charge < -0.3 is 5.11 Å². The zero-order valence-corrected chi connectivity index (χ0v) is 8.71. The van der Waals surface area contributed by atoms with Crippen molar-refractivity contribution in [2.24, 2.45) is 11.8 Å². The quantitative estimate of drug-likeness (QED) is 0.662. The van der Waals surface area contributed by atoms with E-state index in [9.17, 15) is 5.11 Å². The average molecular weight is 182 g/mol. The molecule has 1 nitrogen and oxygen atoms in total. The second kappa shape index (κ2) is 5.43. The predicted octanol–water partition coefficient (Wildman–Crippen LogP) is 3.14. The van der Waals surface area contributed by atoms with Crippen LogP contribution < -0.4 is 0 Å². The normalized spacial score (nSPS) is 23.8. The Balaban J connectivity index is 2.43. The molecule has 2 atom stereocenters. The lowest BCUT2D eigenvalue weighted by atomic mass is 9.80. The van der Waals surface area contributed by atoms with Crippen LogP contribution in [-0.2, 0) is 0 Å². The Morgan fingerprint density at radius 1 is 1.38 bits per heavy atom. The number of hydrogen-bond acceptors (Lipinski definition) is 1. The van der Waals surface area contributed by atoms with Crippen molar-refractivity contribution < 1.29 is 5.11 Å². The van der Waals surface area contributed by atoms with Crippen molar-refractivity contribution in [3.63, 3.8) is 0 Å². The molecule has 0 aliphatic heterocycles. The van der Waals surface area contributed by atoms with Gasteiger partial charge >= 0.3 is 0 Å². The minimum absolute atomic E-state index is 0.136. The van der Waals surface area contributed by atoms with Gasteiger partial charge in [0.05, 0.1) is 6.10 Å². The van der Waals surface area contributed by atoms with Crippen LogP contribution in [-0.4, -0.2) is 11.2 Å². The van der Waals surface area contributed by atoms with E-state index >= 15 is 0 Å². The lowest BCUT2D eigenvalue weighted by molar-refractivity contribution is 0.0487. The first kappa shape index (κ1) is 10.8. The molecule has 0 aromatic rings. The van der Waals surface area contributed by atoms with Crippen LogP contribution in [0, 0.1) is 11.8 Å². The zero-order valence-electron chi connectivity index (χ0n) is 8.71. The van der Waals surface area contributed by atoms with Crippen molar-refractivity contribution in [3.8, 4) is 0 Å². The first-order valence-electron chi connectivity index (χ1n) is 5.60. The fraction of sp³-hybridized carbons (Fsp3) is 0.833. The van der Waals surface area contributed by atoms with Gasteiger partial charge in [0.25, 0.3) is 0 Å². The molecular weight excluding hydrogens is 160 g/mol. The van der Waals surface area contributed by atoms with Crippen molar-refractivity contribution in [1.82, 2.24) is 0 Å². The minimum atomic E-state index is -0.136. The molecule has 1 aliphatic rings. The van der Waals surface area contributed by atoms with Gasteiger partial charge in [-0.05, 0) is 25.2 Å². The van der Waals surface area contributed by atoms with E-state index in [1.807, 2.05) is 6.08 Å². The average Bonchev–Trinajstić information content (AvgIpc) is 2.21. The van der Waals surface area contributed by atoms with Gasteiger partial charge in [0, 0.05) is 5.92 Å².